The largest absolute Gasteiger partial charge is 0.393 e. The van der Waals surface area contributed by atoms with Gasteiger partial charge in [-0.3, -0.25) is 15.0 Å². The van der Waals surface area contributed by atoms with Crippen molar-refractivity contribution < 1.29 is 13.7 Å². The molecule has 0 bridgehead atoms. The Hall–Kier alpha value is -3.36. The average molecular weight is 453 g/mol. The van der Waals surface area contributed by atoms with Crippen LogP contribution < -0.4 is 5.73 Å². The number of benzene rings is 3. The Balaban J connectivity index is 1.42. The van der Waals surface area contributed by atoms with E-state index in [0.717, 1.165) is 49.4 Å². The molecule has 1 heterocycles. The van der Waals surface area contributed by atoms with E-state index in [2.05, 4.69) is 9.80 Å². The molecule has 0 atom stereocenters. The maximum Gasteiger partial charge on any atom is 0.292 e. The van der Waals surface area contributed by atoms with Crippen molar-refractivity contribution in [3.63, 3.8) is 0 Å². The van der Waals surface area contributed by atoms with Crippen LogP contribution in [0.3, 0.4) is 0 Å². The third-order valence-electron chi connectivity index (χ3n) is 6.15. The van der Waals surface area contributed by atoms with Crippen molar-refractivity contribution in [3.05, 3.63) is 105 Å². The van der Waals surface area contributed by atoms with Gasteiger partial charge in [0, 0.05) is 38.8 Å². The maximum atomic E-state index is 13.5. The lowest BCUT2D eigenvalue weighted by Gasteiger charge is -2.40. The summed E-state index contributed by atoms with van der Waals surface area (Å²) < 4.78 is 27.0. The summed E-state index contributed by atoms with van der Waals surface area (Å²) in [6.07, 6.45) is 0.695. The van der Waals surface area contributed by atoms with Crippen molar-refractivity contribution >= 4 is 11.4 Å². The highest BCUT2D eigenvalue weighted by atomic mass is 19.1. The molecule has 1 saturated heterocycles. The Morgan fingerprint density at radius 3 is 1.94 bits per heavy atom. The molecule has 1 aliphatic heterocycles. The second-order valence-corrected chi connectivity index (χ2v) is 8.28. The molecule has 3 aromatic rings. The predicted molar refractivity (Wildman–Crippen MR) is 124 cm³/mol. The summed E-state index contributed by atoms with van der Waals surface area (Å²) in [7, 11) is 0. The van der Waals surface area contributed by atoms with Crippen LogP contribution in [0.15, 0.2) is 66.7 Å². The second kappa shape index (κ2) is 10.1. The summed E-state index contributed by atoms with van der Waals surface area (Å²) in [6.45, 7) is 4.03. The number of nitro benzene ring substituents is 1. The van der Waals surface area contributed by atoms with Crippen LogP contribution in [0.4, 0.5) is 20.2 Å². The van der Waals surface area contributed by atoms with Crippen molar-refractivity contribution in [1.29, 1.82) is 0 Å². The van der Waals surface area contributed by atoms with E-state index in [1.165, 1.54) is 24.3 Å². The van der Waals surface area contributed by atoms with Crippen LogP contribution in [0.25, 0.3) is 0 Å². The van der Waals surface area contributed by atoms with Crippen LogP contribution in [0.2, 0.25) is 0 Å². The minimum atomic E-state index is -0.456. The number of hydrogen-bond acceptors (Lipinski definition) is 5. The van der Waals surface area contributed by atoms with Gasteiger partial charge in [0.1, 0.15) is 17.3 Å². The summed E-state index contributed by atoms with van der Waals surface area (Å²) in [4.78, 5) is 15.3. The van der Waals surface area contributed by atoms with Crippen LogP contribution in [0, 0.1) is 21.7 Å². The number of nitrogens with two attached hydrogens (primary N) is 1. The highest BCUT2D eigenvalue weighted by Gasteiger charge is 2.26. The number of halogens is 2. The summed E-state index contributed by atoms with van der Waals surface area (Å²) in [5.41, 5.74) is 8.61. The monoisotopic (exact) mass is 452 g/mol. The second-order valence-electron chi connectivity index (χ2n) is 8.28. The maximum absolute atomic E-state index is 13.5. The first kappa shape index (κ1) is 22.8. The molecule has 3 aromatic carbocycles. The van der Waals surface area contributed by atoms with Crippen LogP contribution in [-0.4, -0.2) is 47.4 Å². The first-order chi connectivity index (χ1) is 15.9. The van der Waals surface area contributed by atoms with E-state index in [4.69, 9.17) is 5.73 Å². The van der Waals surface area contributed by atoms with E-state index in [-0.39, 0.29) is 29.1 Å². The molecular formula is C25H26F2N4O2. The molecule has 0 aromatic heterocycles. The van der Waals surface area contributed by atoms with Gasteiger partial charge in [0.15, 0.2) is 0 Å². The lowest BCUT2D eigenvalue weighted by Crippen LogP contribution is -2.48. The van der Waals surface area contributed by atoms with Crippen LogP contribution in [0.1, 0.15) is 22.7 Å². The minimum Gasteiger partial charge on any atom is -0.393 e. The topological polar surface area (TPSA) is 75.6 Å². The third kappa shape index (κ3) is 5.53. The molecule has 0 unspecified atom stereocenters. The lowest BCUT2D eigenvalue weighted by molar-refractivity contribution is -0.384. The highest BCUT2D eigenvalue weighted by Crippen LogP contribution is 2.30. The van der Waals surface area contributed by atoms with Gasteiger partial charge < -0.3 is 10.6 Å². The van der Waals surface area contributed by atoms with Crippen LogP contribution in [0.5, 0.6) is 0 Å². The normalized spacial score (nSPS) is 15.1. The van der Waals surface area contributed by atoms with Crippen LogP contribution in [-0.2, 0) is 6.42 Å². The predicted octanol–water partition coefficient (Wildman–Crippen LogP) is 4.40. The fourth-order valence-corrected chi connectivity index (χ4v) is 4.34. The van der Waals surface area contributed by atoms with Crippen molar-refractivity contribution in [2.24, 2.45) is 0 Å². The molecule has 1 aliphatic rings. The lowest BCUT2D eigenvalue weighted by atomic mass is 9.96. The molecule has 8 heteroatoms. The Morgan fingerprint density at radius 1 is 0.879 bits per heavy atom. The van der Waals surface area contributed by atoms with Gasteiger partial charge in [-0.05, 0) is 53.4 Å². The minimum absolute atomic E-state index is 0.0567. The summed E-state index contributed by atoms with van der Waals surface area (Å²) >= 11 is 0. The molecule has 33 heavy (non-hydrogen) atoms. The van der Waals surface area contributed by atoms with Crippen molar-refractivity contribution in [3.8, 4) is 0 Å². The number of nitro groups is 1. The van der Waals surface area contributed by atoms with E-state index >= 15 is 0 Å². The zero-order chi connectivity index (χ0) is 23.4. The Labute approximate surface area is 191 Å². The number of piperazine rings is 1. The summed E-state index contributed by atoms with van der Waals surface area (Å²) in [5, 5.41) is 11.1. The van der Waals surface area contributed by atoms with E-state index in [0.29, 0.717) is 6.42 Å². The number of hydrogen-bond donors (Lipinski definition) is 1. The van der Waals surface area contributed by atoms with Crippen molar-refractivity contribution in [2.45, 2.75) is 12.5 Å². The molecule has 4 rings (SSSR count). The van der Waals surface area contributed by atoms with E-state index in [9.17, 15) is 18.9 Å². The van der Waals surface area contributed by atoms with Gasteiger partial charge in [-0.25, -0.2) is 8.78 Å². The van der Waals surface area contributed by atoms with Gasteiger partial charge in [-0.15, -0.1) is 0 Å². The zero-order valence-electron chi connectivity index (χ0n) is 18.2. The van der Waals surface area contributed by atoms with Crippen molar-refractivity contribution in [1.82, 2.24) is 9.80 Å². The first-order valence-corrected chi connectivity index (χ1v) is 10.9. The molecule has 0 spiro atoms. The summed E-state index contributed by atoms with van der Waals surface area (Å²) in [6, 6.07) is 17.8. The molecule has 0 aliphatic carbocycles. The average Bonchev–Trinajstić information content (AvgIpc) is 2.82. The molecule has 0 amide bonds. The standard InChI is InChI=1S/C25H26F2N4O2/c26-21-6-2-19(3-7-21)25(20-4-8-22(27)9-5-20)30-15-13-29(14-16-30)12-11-18-1-10-23(28)24(17-18)31(32)33/h1-10,17,25H,11-16,28H2. The van der Waals surface area contributed by atoms with E-state index < -0.39 is 4.92 Å². The number of nitrogen functional groups attached to an aromatic ring is 1. The Morgan fingerprint density at radius 2 is 1.42 bits per heavy atom. The Kier molecular flexibility index (Phi) is 6.96. The van der Waals surface area contributed by atoms with E-state index in [1.807, 2.05) is 6.07 Å². The quantitative estimate of drug-likeness (QED) is 0.327. The zero-order valence-corrected chi connectivity index (χ0v) is 18.2. The fraction of sp³-hybridized carbons (Fsp3) is 0.280. The van der Waals surface area contributed by atoms with Gasteiger partial charge in [0.2, 0.25) is 0 Å². The van der Waals surface area contributed by atoms with Gasteiger partial charge in [-0.2, -0.15) is 0 Å². The van der Waals surface area contributed by atoms with Gasteiger partial charge in [-0.1, -0.05) is 30.3 Å². The van der Waals surface area contributed by atoms with Crippen LogP contribution >= 0.6 is 0 Å². The van der Waals surface area contributed by atoms with Gasteiger partial charge in [0.05, 0.1) is 11.0 Å². The smallest absolute Gasteiger partial charge is 0.292 e. The molecule has 0 radical (unpaired) electrons. The number of nitrogens with zero attached hydrogens (tertiary/aromatic N) is 3. The SMILES string of the molecule is Nc1ccc(CCN2CCN(C(c3ccc(F)cc3)c3ccc(F)cc3)CC2)cc1[N+](=O)[O-]. The van der Waals surface area contributed by atoms with Crippen molar-refractivity contribution in [2.75, 3.05) is 38.5 Å². The molecule has 2 N–H and O–H groups in total. The first-order valence-electron chi connectivity index (χ1n) is 10.9. The number of rotatable bonds is 7. The molecular weight excluding hydrogens is 426 g/mol. The highest BCUT2D eigenvalue weighted by molar-refractivity contribution is 5.59. The third-order valence-corrected chi connectivity index (χ3v) is 6.15. The molecule has 172 valence electrons. The Bertz CT molecular complexity index is 1050. The van der Waals surface area contributed by atoms with Gasteiger partial charge >= 0.3 is 0 Å². The summed E-state index contributed by atoms with van der Waals surface area (Å²) in [5.74, 6) is -0.575. The molecule has 1 fully saturated rings. The number of anilines is 1. The fourth-order valence-electron chi connectivity index (χ4n) is 4.34. The van der Waals surface area contributed by atoms with E-state index in [1.54, 1.807) is 36.4 Å². The van der Waals surface area contributed by atoms with Gasteiger partial charge in [0.25, 0.3) is 5.69 Å². The molecule has 6 nitrogen and oxygen atoms in total. The molecule has 0 saturated carbocycles.